The van der Waals surface area contributed by atoms with E-state index in [4.69, 9.17) is 10.00 Å². The monoisotopic (exact) mass is 263 g/mol. The summed E-state index contributed by atoms with van der Waals surface area (Å²) in [7, 11) is 0. The first-order valence-corrected chi connectivity index (χ1v) is 6.99. The fraction of sp³-hybridized carbons (Fsp3) is 0.429. The molecule has 0 amide bonds. The van der Waals surface area contributed by atoms with E-state index in [1.807, 2.05) is 32.0 Å². The van der Waals surface area contributed by atoms with Crippen LogP contribution in [0.2, 0.25) is 0 Å². The number of benzene rings is 1. The zero-order valence-corrected chi connectivity index (χ0v) is 11.5. The van der Waals surface area contributed by atoms with Crippen LogP contribution in [0, 0.1) is 11.3 Å². The van der Waals surface area contributed by atoms with Gasteiger partial charge in [0, 0.05) is 5.75 Å². The average molecular weight is 263 g/mol. The van der Waals surface area contributed by atoms with Gasteiger partial charge in [-0.3, -0.25) is 4.79 Å². The minimum atomic E-state index is -0.178. The normalized spacial score (nSPS) is 11.6. The number of rotatable bonds is 6. The van der Waals surface area contributed by atoms with Crippen molar-refractivity contribution in [1.29, 1.82) is 5.26 Å². The zero-order valence-electron chi connectivity index (χ0n) is 10.7. The molecule has 0 heterocycles. The lowest BCUT2D eigenvalue weighted by Gasteiger charge is -2.10. The Labute approximate surface area is 112 Å². The van der Waals surface area contributed by atoms with Crippen molar-refractivity contribution in [1.82, 2.24) is 0 Å². The maximum atomic E-state index is 11.6. The molecule has 0 fully saturated rings. The molecule has 0 radical (unpaired) electrons. The lowest BCUT2D eigenvalue weighted by Crippen LogP contribution is -2.17. The fourth-order valence-electron chi connectivity index (χ4n) is 1.34. The molecule has 1 unspecified atom stereocenters. The smallest absolute Gasteiger partial charge is 0.318 e. The molecule has 0 saturated carbocycles. The third-order valence-electron chi connectivity index (χ3n) is 2.34. The number of esters is 1. The van der Waals surface area contributed by atoms with Crippen LogP contribution in [-0.2, 0) is 15.3 Å². The van der Waals surface area contributed by atoms with Gasteiger partial charge >= 0.3 is 5.97 Å². The molecule has 0 aromatic heterocycles. The number of nitriles is 1. The van der Waals surface area contributed by atoms with E-state index in [0.29, 0.717) is 17.9 Å². The highest BCUT2D eigenvalue weighted by molar-refractivity contribution is 7.99. The van der Waals surface area contributed by atoms with E-state index in [9.17, 15) is 4.79 Å². The Morgan fingerprint density at radius 2 is 2.33 bits per heavy atom. The predicted molar refractivity (Wildman–Crippen MR) is 73.2 cm³/mol. The summed E-state index contributed by atoms with van der Waals surface area (Å²) in [5.41, 5.74) is 1.70. The van der Waals surface area contributed by atoms with Crippen LogP contribution in [0.15, 0.2) is 24.3 Å². The van der Waals surface area contributed by atoms with E-state index in [2.05, 4.69) is 6.07 Å². The maximum absolute atomic E-state index is 11.6. The Bertz CT molecular complexity index is 440. The third kappa shape index (κ3) is 4.80. The second-order valence-corrected chi connectivity index (χ2v) is 5.26. The summed E-state index contributed by atoms with van der Waals surface area (Å²) in [4.78, 5) is 11.6. The van der Waals surface area contributed by atoms with Crippen molar-refractivity contribution in [3.63, 3.8) is 0 Å². The van der Waals surface area contributed by atoms with E-state index in [-0.39, 0.29) is 11.2 Å². The molecule has 0 aliphatic heterocycles. The summed E-state index contributed by atoms with van der Waals surface area (Å²) < 4.78 is 5.07. The van der Waals surface area contributed by atoms with Crippen molar-refractivity contribution in [2.45, 2.75) is 31.3 Å². The summed E-state index contributed by atoms with van der Waals surface area (Å²) in [6.45, 7) is 4.29. The van der Waals surface area contributed by atoms with E-state index < -0.39 is 0 Å². The number of nitrogens with zero attached hydrogens (tertiary/aromatic N) is 1. The first-order valence-electron chi connectivity index (χ1n) is 5.94. The van der Waals surface area contributed by atoms with Gasteiger partial charge < -0.3 is 4.74 Å². The molecule has 0 aliphatic rings. The molecule has 1 rings (SSSR count). The number of thioether (sulfide) groups is 1. The highest BCUT2D eigenvalue weighted by Crippen LogP contribution is 2.19. The predicted octanol–water partition coefficient (Wildman–Crippen LogP) is 3.13. The molecule has 3 nitrogen and oxygen atoms in total. The average Bonchev–Trinajstić information content (AvgIpc) is 2.42. The largest absolute Gasteiger partial charge is 0.465 e. The zero-order chi connectivity index (χ0) is 13.4. The number of hydrogen-bond donors (Lipinski definition) is 0. The lowest BCUT2D eigenvalue weighted by molar-refractivity contribution is -0.142. The van der Waals surface area contributed by atoms with Crippen LogP contribution in [0.5, 0.6) is 0 Å². The molecule has 0 aliphatic carbocycles. The fourth-order valence-corrected chi connectivity index (χ4v) is 2.17. The van der Waals surface area contributed by atoms with Crippen molar-refractivity contribution in [3.8, 4) is 6.07 Å². The SMILES string of the molecule is CCCOC(=O)C(C)SCc1cccc(C#N)c1. The molecule has 0 spiro atoms. The lowest BCUT2D eigenvalue weighted by atomic mass is 10.2. The molecular formula is C14H17NO2S. The minimum absolute atomic E-state index is 0.168. The van der Waals surface area contributed by atoms with Gasteiger partial charge in [-0.25, -0.2) is 0 Å². The molecule has 1 aromatic rings. The van der Waals surface area contributed by atoms with Gasteiger partial charge in [-0.15, -0.1) is 11.8 Å². The summed E-state index contributed by atoms with van der Waals surface area (Å²) >= 11 is 1.52. The Kier molecular flexibility index (Phi) is 6.31. The van der Waals surface area contributed by atoms with Gasteiger partial charge in [0.2, 0.25) is 0 Å². The summed E-state index contributed by atoms with van der Waals surface area (Å²) in [6, 6.07) is 9.53. The van der Waals surface area contributed by atoms with Gasteiger partial charge in [-0.1, -0.05) is 19.1 Å². The van der Waals surface area contributed by atoms with Gasteiger partial charge in [0.05, 0.1) is 23.5 Å². The van der Waals surface area contributed by atoms with Crippen molar-refractivity contribution in [2.75, 3.05) is 6.61 Å². The van der Waals surface area contributed by atoms with E-state index in [1.165, 1.54) is 11.8 Å². The van der Waals surface area contributed by atoms with Crippen LogP contribution in [0.3, 0.4) is 0 Å². The third-order valence-corrected chi connectivity index (χ3v) is 3.53. The molecule has 1 atom stereocenters. The quantitative estimate of drug-likeness (QED) is 0.740. The van der Waals surface area contributed by atoms with Gasteiger partial charge in [-0.2, -0.15) is 5.26 Å². The van der Waals surface area contributed by atoms with Crippen LogP contribution in [0.25, 0.3) is 0 Å². The standard InChI is InChI=1S/C14H17NO2S/c1-3-7-17-14(16)11(2)18-10-13-6-4-5-12(8-13)9-15/h4-6,8,11H,3,7,10H2,1-2H3. The molecule has 96 valence electrons. The molecule has 0 N–H and O–H groups in total. The summed E-state index contributed by atoms with van der Waals surface area (Å²) in [5, 5.41) is 8.62. The van der Waals surface area contributed by atoms with E-state index in [1.54, 1.807) is 6.07 Å². The molecule has 1 aromatic carbocycles. The number of carbonyl (C=O) groups excluding carboxylic acids is 1. The van der Waals surface area contributed by atoms with Crippen molar-refractivity contribution >= 4 is 17.7 Å². The van der Waals surface area contributed by atoms with Crippen molar-refractivity contribution < 1.29 is 9.53 Å². The van der Waals surface area contributed by atoms with Crippen LogP contribution < -0.4 is 0 Å². The van der Waals surface area contributed by atoms with Gasteiger partial charge in [0.25, 0.3) is 0 Å². The van der Waals surface area contributed by atoms with Crippen LogP contribution in [0.1, 0.15) is 31.4 Å². The van der Waals surface area contributed by atoms with Crippen LogP contribution in [0.4, 0.5) is 0 Å². The first kappa shape index (κ1) is 14.6. The van der Waals surface area contributed by atoms with E-state index in [0.717, 1.165) is 12.0 Å². The maximum Gasteiger partial charge on any atom is 0.318 e. The topological polar surface area (TPSA) is 50.1 Å². The second-order valence-electron chi connectivity index (χ2n) is 3.93. The number of hydrogen-bond acceptors (Lipinski definition) is 4. The van der Waals surface area contributed by atoms with Gasteiger partial charge in [0.1, 0.15) is 0 Å². The molecule has 4 heteroatoms. The molecular weight excluding hydrogens is 246 g/mol. The molecule has 0 bridgehead atoms. The van der Waals surface area contributed by atoms with Crippen LogP contribution in [-0.4, -0.2) is 17.8 Å². The van der Waals surface area contributed by atoms with E-state index >= 15 is 0 Å². The first-order chi connectivity index (χ1) is 8.67. The Morgan fingerprint density at radius 1 is 1.56 bits per heavy atom. The Balaban J connectivity index is 2.44. The Morgan fingerprint density at radius 3 is 3.00 bits per heavy atom. The minimum Gasteiger partial charge on any atom is -0.465 e. The Hall–Kier alpha value is -1.47. The second kappa shape index (κ2) is 7.78. The van der Waals surface area contributed by atoms with Gasteiger partial charge in [-0.05, 0) is 31.0 Å². The highest BCUT2D eigenvalue weighted by Gasteiger charge is 2.14. The van der Waals surface area contributed by atoms with Crippen molar-refractivity contribution in [3.05, 3.63) is 35.4 Å². The number of ether oxygens (including phenoxy) is 1. The number of carbonyl (C=O) groups is 1. The summed E-state index contributed by atoms with van der Waals surface area (Å²) in [5.74, 6) is 0.538. The highest BCUT2D eigenvalue weighted by atomic mass is 32.2. The summed E-state index contributed by atoms with van der Waals surface area (Å²) in [6.07, 6.45) is 0.841. The van der Waals surface area contributed by atoms with Gasteiger partial charge in [0.15, 0.2) is 0 Å². The molecule has 0 saturated heterocycles. The van der Waals surface area contributed by atoms with Crippen LogP contribution >= 0.6 is 11.8 Å². The molecule has 18 heavy (non-hydrogen) atoms. The van der Waals surface area contributed by atoms with Crippen molar-refractivity contribution in [2.24, 2.45) is 0 Å².